The summed E-state index contributed by atoms with van der Waals surface area (Å²) in [6.07, 6.45) is 13.6. The van der Waals surface area contributed by atoms with Crippen LogP contribution in [0.5, 0.6) is 11.5 Å². The number of halogens is 1. The molecule has 282 valence electrons. The second-order valence-corrected chi connectivity index (χ2v) is 16.2. The number of pyridine rings is 1. The lowest BCUT2D eigenvalue weighted by Gasteiger charge is -2.47. The predicted molar refractivity (Wildman–Crippen MR) is 209 cm³/mol. The average Bonchev–Trinajstić information content (AvgIpc) is 3.68. The van der Waals surface area contributed by atoms with Gasteiger partial charge in [0.15, 0.2) is 0 Å². The molecule has 10 heteroatoms. The highest BCUT2D eigenvalue weighted by Crippen LogP contribution is 2.56. The highest BCUT2D eigenvalue weighted by atomic mass is 35.5. The summed E-state index contributed by atoms with van der Waals surface area (Å²) in [4.78, 5) is 19.9. The van der Waals surface area contributed by atoms with Crippen LogP contribution in [0.15, 0.2) is 67.0 Å². The van der Waals surface area contributed by atoms with Crippen LogP contribution in [0.2, 0.25) is 5.02 Å². The fraction of sp³-hybridized carbons (Fsp3) is 0.512. The van der Waals surface area contributed by atoms with Crippen molar-refractivity contribution in [1.82, 2.24) is 19.7 Å². The summed E-state index contributed by atoms with van der Waals surface area (Å²) in [5.41, 5.74) is 5.93. The van der Waals surface area contributed by atoms with Crippen LogP contribution in [-0.4, -0.2) is 63.1 Å². The number of nitrogens with zero attached hydrogens (tertiary/aromatic N) is 4. The molecule has 2 N–H and O–H groups in total. The van der Waals surface area contributed by atoms with Crippen LogP contribution in [0.1, 0.15) is 98.7 Å². The van der Waals surface area contributed by atoms with Gasteiger partial charge in [0.05, 0.1) is 18.9 Å². The molecule has 2 aromatic heterocycles. The Kier molecular flexibility index (Phi) is 11.3. The number of carbonyl (C=O) groups is 1. The Hall–Kier alpha value is -4.08. The van der Waals surface area contributed by atoms with Crippen LogP contribution in [0.4, 0.5) is 5.69 Å². The highest BCUT2D eigenvalue weighted by Gasteiger charge is 2.54. The van der Waals surface area contributed by atoms with E-state index in [0.29, 0.717) is 42.9 Å². The molecule has 2 atom stereocenters. The molecule has 3 aliphatic carbocycles. The zero-order valence-electron chi connectivity index (χ0n) is 31.5. The minimum Gasteiger partial charge on any atom is -0.494 e. The lowest BCUT2D eigenvalue weighted by atomic mass is 9.60. The minimum absolute atomic E-state index is 0.128. The summed E-state index contributed by atoms with van der Waals surface area (Å²) < 4.78 is 14.8. The molecule has 53 heavy (non-hydrogen) atoms. The third-order valence-corrected chi connectivity index (χ3v) is 12.6. The molecule has 1 saturated carbocycles. The summed E-state index contributed by atoms with van der Waals surface area (Å²) in [7, 11) is 4.11. The zero-order valence-corrected chi connectivity index (χ0v) is 32.2. The van der Waals surface area contributed by atoms with Gasteiger partial charge in [0.25, 0.3) is 0 Å². The average molecular weight is 740 g/mol. The number of hydrogen-bond donors (Lipinski definition) is 2. The molecule has 0 amide bonds. The van der Waals surface area contributed by atoms with E-state index in [1.807, 2.05) is 54.5 Å². The van der Waals surface area contributed by atoms with Crippen molar-refractivity contribution in [2.24, 2.45) is 13.0 Å². The summed E-state index contributed by atoms with van der Waals surface area (Å²) in [6, 6.07) is 18.1. The number of aromatic nitrogens is 3. The Morgan fingerprint density at radius 3 is 2.66 bits per heavy atom. The number of rotatable bonds is 15. The lowest BCUT2D eigenvalue weighted by molar-refractivity contribution is -0.144. The summed E-state index contributed by atoms with van der Waals surface area (Å²) in [5, 5.41) is 18.9. The Balaban J connectivity index is 1.05. The monoisotopic (exact) mass is 739 g/mol. The van der Waals surface area contributed by atoms with Gasteiger partial charge in [-0.3, -0.25) is 9.67 Å². The maximum Gasteiger partial charge on any atom is 0.329 e. The van der Waals surface area contributed by atoms with Gasteiger partial charge in [0, 0.05) is 54.5 Å². The number of nitrogens with one attached hydrogen (secondary N) is 1. The van der Waals surface area contributed by atoms with Gasteiger partial charge >= 0.3 is 5.97 Å². The molecule has 1 fully saturated rings. The highest BCUT2D eigenvalue weighted by molar-refractivity contribution is 6.30. The summed E-state index contributed by atoms with van der Waals surface area (Å²) >= 11 is 6.29. The molecule has 2 heterocycles. The Morgan fingerprint density at radius 2 is 1.89 bits per heavy atom. The SMILES string of the molecule is C[C@@H]1CCCc2nccc(OCCCC3Cc4ccc(OCCCN(C)Cc5ccnn5C)cc4C34CCC(Nc3cccc(Cl)c3)(C(=O)O)CC4)c21. The first-order valence-electron chi connectivity index (χ1n) is 19.5. The quantitative estimate of drug-likeness (QED) is 0.117. The van der Waals surface area contributed by atoms with Crippen LogP contribution in [0.3, 0.4) is 0 Å². The van der Waals surface area contributed by atoms with Crippen molar-refractivity contribution in [2.75, 3.05) is 32.1 Å². The second kappa shape index (κ2) is 16.1. The number of fused-ring (bicyclic) bond motifs is 3. The standard InChI is InChI=1S/C43H54ClN5O4/c1-30-8-4-12-38-40(30)39(16-21-45-38)53-24-6-9-32-26-31-13-14-36(52-25-7-23-48(2)29-35-15-22-46-49(35)3)28-37(31)42(32)17-19-43(20-18-42,41(50)51)47-34-11-5-10-33(44)27-34/h5,10-11,13-16,21-22,27-28,30,32,47H,4,6-9,12,17-20,23-26,29H2,1-3H3,(H,50,51)/t30-,32?,42?,43?/m1/s1. The van der Waals surface area contributed by atoms with Crippen molar-refractivity contribution in [2.45, 2.75) is 101 Å². The van der Waals surface area contributed by atoms with Crippen molar-refractivity contribution in [3.63, 3.8) is 0 Å². The van der Waals surface area contributed by atoms with Gasteiger partial charge in [-0.05, 0) is 149 Å². The van der Waals surface area contributed by atoms with Crippen molar-refractivity contribution < 1.29 is 19.4 Å². The van der Waals surface area contributed by atoms with Gasteiger partial charge in [0.2, 0.25) is 0 Å². The van der Waals surface area contributed by atoms with Crippen LogP contribution in [-0.2, 0) is 36.6 Å². The number of carboxylic acid groups (broad SMARTS) is 1. The number of hydrogen-bond acceptors (Lipinski definition) is 7. The van der Waals surface area contributed by atoms with Gasteiger partial charge in [-0.2, -0.15) is 5.10 Å². The van der Waals surface area contributed by atoms with Crippen molar-refractivity contribution in [3.05, 3.63) is 100 Å². The molecule has 0 aliphatic heterocycles. The van der Waals surface area contributed by atoms with Crippen molar-refractivity contribution in [1.29, 1.82) is 0 Å². The van der Waals surface area contributed by atoms with Gasteiger partial charge in [0.1, 0.15) is 17.0 Å². The summed E-state index contributed by atoms with van der Waals surface area (Å²) in [6.45, 7) is 5.34. The van der Waals surface area contributed by atoms with Crippen molar-refractivity contribution in [3.8, 4) is 11.5 Å². The molecular formula is C43H54ClN5O4. The minimum atomic E-state index is -1.06. The molecule has 0 radical (unpaired) electrons. The fourth-order valence-electron chi connectivity index (χ4n) is 9.40. The summed E-state index contributed by atoms with van der Waals surface area (Å²) in [5.74, 6) is 1.94. The smallest absolute Gasteiger partial charge is 0.329 e. The van der Waals surface area contributed by atoms with E-state index >= 15 is 0 Å². The Bertz CT molecular complexity index is 1890. The molecule has 9 nitrogen and oxygen atoms in total. The van der Waals surface area contributed by atoms with Gasteiger partial charge in [-0.25, -0.2) is 4.79 Å². The van der Waals surface area contributed by atoms with Crippen LogP contribution >= 0.6 is 11.6 Å². The van der Waals surface area contributed by atoms with E-state index in [0.717, 1.165) is 75.2 Å². The predicted octanol–water partition coefficient (Wildman–Crippen LogP) is 8.59. The number of anilines is 1. The van der Waals surface area contributed by atoms with E-state index in [2.05, 4.69) is 58.5 Å². The first-order valence-corrected chi connectivity index (χ1v) is 19.8. The molecular weight excluding hydrogens is 686 g/mol. The second-order valence-electron chi connectivity index (χ2n) is 15.7. The van der Waals surface area contributed by atoms with E-state index in [1.165, 1.54) is 40.9 Å². The Labute approximate surface area is 319 Å². The van der Waals surface area contributed by atoms with Gasteiger partial charge in [-0.15, -0.1) is 0 Å². The molecule has 1 spiro atoms. The van der Waals surface area contributed by atoms with E-state index < -0.39 is 11.5 Å². The van der Waals surface area contributed by atoms with E-state index in [-0.39, 0.29) is 5.41 Å². The molecule has 0 bridgehead atoms. The molecule has 0 saturated heterocycles. The first-order chi connectivity index (χ1) is 25.7. The third-order valence-electron chi connectivity index (χ3n) is 12.3. The zero-order chi connectivity index (χ0) is 37.0. The largest absolute Gasteiger partial charge is 0.494 e. The normalized spacial score (nSPS) is 23.5. The Morgan fingerprint density at radius 1 is 1.06 bits per heavy atom. The van der Waals surface area contributed by atoms with E-state index in [1.54, 1.807) is 0 Å². The molecule has 2 aromatic carbocycles. The number of carboxylic acids is 1. The maximum atomic E-state index is 13.0. The molecule has 3 aliphatic rings. The molecule has 1 unspecified atom stereocenters. The van der Waals surface area contributed by atoms with E-state index in [9.17, 15) is 9.90 Å². The van der Waals surface area contributed by atoms with Crippen LogP contribution in [0, 0.1) is 5.92 Å². The van der Waals surface area contributed by atoms with Gasteiger partial charge in [-0.1, -0.05) is 30.7 Å². The van der Waals surface area contributed by atoms with Crippen molar-refractivity contribution >= 4 is 23.3 Å². The fourth-order valence-corrected chi connectivity index (χ4v) is 9.59. The lowest BCUT2D eigenvalue weighted by Crippen LogP contribution is -2.53. The number of aryl methyl sites for hydroxylation is 2. The van der Waals surface area contributed by atoms with Gasteiger partial charge < -0.3 is 24.8 Å². The van der Waals surface area contributed by atoms with Crippen LogP contribution < -0.4 is 14.8 Å². The number of aliphatic carboxylic acids is 1. The maximum absolute atomic E-state index is 13.0. The molecule has 7 rings (SSSR count). The van der Waals surface area contributed by atoms with Crippen LogP contribution in [0.25, 0.3) is 0 Å². The third kappa shape index (κ3) is 8.07. The number of ether oxygens (including phenoxy) is 2. The number of benzene rings is 2. The molecule has 4 aromatic rings. The van der Waals surface area contributed by atoms with E-state index in [4.69, 9.17) is 21.1 Å². The topological polar surface area (TPSA) is 102 Å². The first kappa shape index (κ1) is 37.2.